The van der Waals surface area contributed by atoms with Crippen molar-refractivity contribution in [2.45, 2.75) is 6.92 Å². The fourth-order valence-electron chi connectivity index (χ4n) is 2.32. The van der Waals surface area contributed by atoms with Gasteiger partial charge in [0.2, 0.25) is 0 Å². The first-order chi connectivity index (χ1) is 11.1. The van der Waals surface area contributed by atoms with Gasteiger partial charge in [0.15, 0.2) is 5.69 Å². The predicted molar refractivity (Wildman–Crippen MR) is 90.4 cm³/mol. The van der Waals surface area contributed by atoms with E-state index in [0.29, 0.717) is 5.69 Å². The Bertz CT molecular complexity index is 841. The minimum atomic E-state index is -0.495. The van der Waals surface area contributed by atoms with E-state index in [1.165, 1.54) is 4.68 Å². The molecule has 0 saturated carbocycles. The van der Waals surface area contributed by atoms with Gasteiger partial charge in [-0.25, -0.2) is 10.5 Å². The minimum absolute atomic E-state index is 0.205. The number of carbonyl (C=O) groups excluding carboxylic acids is 1. The van der Waals surface area contributed by atoms with Gasteiger partial charge in [0.25, 0.3) is 5.91 Å². The van der Waals surface area contributed by atoms with Crippen LogP contribution in [0.3, 0.4) is 0 Å². The van der Waals surface area contributed by atoms with Gasteiger partial charge in [-0.1, -0.05) is 59.6 Å². The van der Waals surface area contributed by atoms with E-state index in [1.54, 1.807) is 0 Å². The number of rotatable bonds is 3. The van der Waals surface area contributed by atoms with Gasteiger partial charge in [-0.05, 0) is 19.1 Å². The monoisotopic (exact) mass is 326 g/mol. The van der Waals surface area contributed by atoms with Crippen molar-refractivity contribution in [2.75, 3.05) is 0 Å². The van der Waals surface area contributed by atoms with E-state index >= 15 is 0 Å². The molecule has 23 heavy (non-hydrogen) atoms. The summed E-state index contributed by atoms with van der Waals surface area (Å²) in [6.45, 7) is 1.99. The summed E-state index contributed by atoms with van der Waals surface area (Å²) >= 11 is 6.42. The van der Waals surface area contributed by atoms with E-state index in [9.17, 15) is 4.79 Å². The van der Waals surface area contributed by atoms with Crippen LogP contribution in [0.25, 0.3) is 16.9 Å². The molecule has 1 heterocycles. The number of nitrogen functional groups attached to an aromatic ring is 1. The van der Waals surface area contributed by atoms with Crippen LogP contribution in [-0.4, -0.2) is 15.7 Å². The molecule has 0 unspecified atom stereocenters. The van der Waals surface area contributed by atoms with Gasteiger partial charge in [-0.15, -0.1) is 0 Å². The summed E-state index contributed by atoms with van der Waals surface area (Å²) in [6, 6.07) is 17.1. The lowest BCUT2D eigenvalue weighted by atomic mass is 10.1. The fourth-order valence-corrected chi connectivity index (χ4v) is 2.63. The predicted octanol–water partition coefficient (Wildman–Crippen LogP) is 3.10. The Morgan fingerprint density at radius 3 is 2.39 bits per heavy atom. The van der Waals surface area contributed by atoms with Crippen LogP contribution in [0.1, 0.15) is 16.1 Å². The highest BCUT2D eigenvalue weighted by Crippen LogP contribution is 2.31. The molecule has 0 spiro atoms. The maximum Gasteiger partial charge on any atom is 0.285 e. The molecule has 0 fully saturated rings. The van der Waals surface area contributed by atoms with Gasteiger partial charge in [0, 0.05) is 5.56 Å². The lowest BCUT2D eigenvalue weighted by Crippen LogP contribution is -2.32. The first kappa shape index (κ1) is 15.3. The van der Waals surface area contributed by atoms with Crippen molar-refractivity contribution in [1.29, 1.82) is 0 Å². The molecule has 2 aromatic carbocycles. The third kappa shape index (κ3) is 2.84. The van der Waals surface area contributed by atoms with Gasteiger partial charge in [-0.3, -0.25) is 10.2 Å². The average Bonchev–Trinajstić information content (AvgIpc) is 2.93. The van der Waals surface area contributed by atoms with Crippen LogP contribution in [0.4, 0.5) is 0 Å². The average molecular weight is 327 g/mol. The lowest BCUT2D eigenvalue weighted by molar-refractivity contribution is 0.0946. The van der Waals surface area contributed by atoms with Crippen LogP contribution in [0, 0.1) is 6.92 Å². The number of aromatic nitrogens is 2. The van der Waals surface area contributed by atoms with E-state index in [2.05, 4.69) is 10.5 Å². The van der Waals surface area contributed by atoms with Crippen LogP contribution in [0.2, 0.25) is 5.02 Å². The van der Waals surface area contributed by atoms with Crippen molar-refractivity contribution < 1.29 is 4.79 Å². The number of benzene rings is 2. The van der Waals surface area contributed by atoms with Crippen molar-refractivity contribution in [1.82, 2.24) is 15.2 Å². The molecule has 0 radical (unpaired) electrons. The summed E-state index contributed by atoms with van der Waals surface area (Å²) < 4.78 is 1.51. The second-order valence-corrected chi connectivity index (χ2v) is 5.48. The van der Waals surface area contributed by atoms with Crippen LogP contribution in [0.5, 0.6) is 0 Å². The number of carbonyl (C=O) groups is 1. The van der Waals surface area contributed by atoms with Gasteiger partial charge in [0.05, 0.1) is 5.69 Å². The maximum atomic E-state index is 12.2. The number of hydrogen-bond donors (Lipinski definition) is 2. The molecule has 3 aromatic rings. The first-order valence-electron chi connectivity index (χ1n) is 7.03. The van der Waals surface area contributed by atoms with Crippen molar-refractivity contribution in [3.8, 4) is 16.9 Å². The highest BCUT2D eigenvalue weighted by atomic mass is 35.5. The summed E-state index contributed by atoms with van der Waals surface area (Å²) in [5.41, 5.74) is 5.54. The Balaban J connectivity index is 2.22. The zero-order valence-corrected chi connectivity index (χ0v) is 13.2. The molecular weight excluding hydrogens is 312 g/mol. The van der Waals surface area contributed by atoms with E-state index < -0.39 is 5.91 Å². The molecule has 3 N–H and O–H groups in total. The smallest absolute Gasteiger partial charge is 0.285 e. The summed E-state index contributed by atoms with van der Waals surface area (Å²) in [5.74, 6) is 4.80. The van der Waals surface area contributed by atoms with Crippen LogP contribution >= 0.6 is 11.6 Å². The van der Waals surface area contributed by atoms with Crippen molar-refractivity contribution in [3.05, 3.63) is 70.9 Å². The largest absolute Gasteiger partial charge is 0.289 e. The molecule has 3 rings (SSSR count). The van der Waals surface area contributed by atoms with Crippen LogP contribution < -0.4 is 11.3 Å². The summed E-state index contributed by atoms with van der Waals surface area (Å²) in [7, 11) is 0. The molecule has 0 atom stereocenters. The molecule has 0 bridgehead atoms. The molecule has 6 heteroatoms. The topological polar surface area (TPSA) is 72.9 Å². The van der Waals surface area contributed by atoms with Crippen molar-refractivity contribution in [2.24, 2.45) is 5.84 Å². The third-order valence-corrected chi connectivity index (χ3v) is 3.86. The normalized spacial score (nSPS) is 10.6. The van der Waals surface area contributed by atoms with Gasteiger partial charge >= 0.3 is 0 Å². The van der Waals surface area contributed by atoms with E-state index in [4.69, 9.17) is 17.4 Å². The van der Waals surface area contributed by atoms with Gasteiger partial charge in [0.1, 0.15) is 10.7 Å². The third-order valence-electron chi connectivity index (χ3n) is 3.50. The number of nitrogens with zero attached hydrogens (tertiary/aromatic N) is 2. The molecule has 1 amide bonds. The summed E-state index contributed by atoms with van der Waals surface area (Å²) in [5, 5.41) is 4.78. The molecule has 0 aliphatic carbocycles. The Morgan fingerprint density at radius 1 is 1.13 bits per heavy atom. The standard InChI is InChI=1S/C17H15ClN4O/c1-11-7-9-13(10-8-11)22-16(17(23)20-19)14(18)15(21-22)12-5-3-2-4-6-12/h2-10H,19H2,1H3,(H,20,23). The maximum absolute atomic E-state index is 12.2. The lowest BCUT2D eigenvalue weighted by Gasteiger charge is -2.06. The molecule has 5 nitrogen and oxygen atoms in total. The highest BCUT2D eigenvalue weighted by Gasteiger charge is 2.23. The molecule has 116 valence electrons. The van der Waals surface area contributed by atoms with Gasteiger partial charge in [-0.2, -0.15) is 5.10 Å². The Hall–Kier alpha value is -2.63. The number of nitrogens with two attached hydrogens (primary N) is 1. The number of aryl methyl sites for hydroxylation is 1. The number of halogens is 1. The van der Waals surface area contributed by atoms with E-state index in [-0.39, 0.29) is 10.7 Å². The minimum Gasteiger partial charge on any atom is -0.289 e. The zero-order valence-electron chi connectivity index (χ0n) is 12.5. The first-order valence-corrected chi connectivity index (χ1v) is 7.41. The number of hydrogen-bond acceptors (Lipinski definition) is 3. The summed E-state index contributed by atoms with van der Waals surface area (Å²) in [6.07, 6.45) is 0. The van der Waals surface area contributed by atoms with Crippen molar-refractivity contribution >= 4 is 17.5 Å². The molecule has 1 aromatic heterocycles. The number of amides is 1. The second-order valence-electron chi connectivity index (χ2n) is 5.10. The summed E-state index contributed by atoms with van der Waals surface area (Å²) in [4.78, 5) is 12.2. The molecule has 0 aliphatic rings. The second kappa shape index (κ2) is 6.24. The highest BCUT2D eigenvalue weighted by molar-refractivity contribution is 6.36. The number of hydrazine groups is 1. The van der Waals surface area contributed by atoms with E-state index in [1.807, 2.05) is 61.5 Å². The zero-order chi connectivity index (χ0) is 16.4. The Labute approximate surface area is 138 Å². The molecule has 0 saturated heterocycles. The van der Waals surface area contributed by atoms with Crippen LogP contribution in [-0.2, 0) is 0 Å². The van der Waals surface area contributed by atoms with Gasteiger partial charge < -0.3 is 0 Å². The Kier molecular flexibility index (Phi) is 4.14. The van der Waals surface area contributed by atoms with Crippen LogP contribution in [0.15, 0.2) is 54.6 Å². The Morgan fingerprint density at radius 2 is 1.78 bits per heavy atom. The SMILES string of the molecule is Cc1ccc(-n2nc(-c3ccccc3)c(Cl)c2C(=O)NN)cc1. The molecular formula is C17H15ClN4O. The quantitative estimate of drug-likeness (QED) is 0.441. The number of nitrogens with one attached hydrogen (secondary N) is 1. The molecule has 0 aliphatic heterocycles. The van der Waals surface area contributed by atoms with Crippen molar-refractivity contribution in [3.63, 3.8) is 0 Å². The fraction of sp³-hybridized carbons (Fsp3) is 0.0588. The van der Waals surface area contributed by atoms with E-state index in [0.717, 1.165) is 16.8 Å².